The summed E-state index contributed by atoms with van der Waals surface area (Å²) in [5.74, 6) is 0.404. The zero-order chi connectivity index (χ0) is 21.6. The molecule has 1 aliphatic carbocycles. The number of carbonyl (C=O) groups excluding carboxylic acids is 1. The van der Waals surface area contributed by atoms with Crippen LogP contribution in [0.15, 0.2) is 30.7 Å². The van der Waals surface area contributed by atoms with Crippen LogP contribution in [0.3, 0.4) is 0 Å². The second-order valence-electron chi connectivity index (χ2n) is 7.90. The monoisotopic (exact) mass is 444 g/mol. The van der Waals surface area contributed by atoms with Gasteiger partial charge in [0.1, 0.15) is 5.82 Å². The third-order valence-corrected chi connectivity index (χ3v) is 6.35. The molecule has 0 spiro atoms. The summed E-state index contributed by atoms with van der Waals surface area (Å²) in [7, 11) is 0. The Balaban J connectivity index is 1.71. The number of hydrogen-bond donors (Lipinski definition) is 3. The number of amides is 1. The Morgan fingerprint density at radius 3 is 2.80 bits per heavy atom. The fourth-order valence-corrected chi connectivity index (χ4v) is 4.55. The van der Waals surface area contributed by atoms with Crippen molar-refractivity contribution in [3.05, 3.63) is 46.3 Å². The molecule has 1 amide bonds. The zero-order valence-electron chi connectivity index (χ0n) is 16.6. The highest BCUT2D eigenvalue weighted by molar-refractivity contribution is 6.45. The molecule has 0 radical (unpaired) electrons. The zero-order valence-corrected chi connectivity index (χ0v) is 18.1. The van der Waals surface area contributed by atoms with Gasteiger partial charge in [-0.3, -0.25) is 9.78 Å². The van der Waals surface area contributed by atoms with Crippen LogP contribution >= 0.6 is 23.2 Å². The van der Waals surface area contributed by atoms with Crippen molar-refractivity contribution in [1.29, 1.82) is 0 Å². The molecule has 2 aromatic heterocycles. The van der Waals surface area contributed by atoms with Gasteiger partial charge >= 0.3 is 0 Å². The minimum Gasteiger partial charge on any atom is -0.397 e. The number of nitrogens with one attached hydrogen (secondary N) is 1. The van der Waals surface area contributed by atoms with Gasteiger partial charge in [0.15, 0.2) is 0 Å². The van der Waals surface area contributed by atoms with Crippen molar-refractivity contribution in [2.45, 2.75) is 32.8 Å². The summed E-state index contributed by atoms with van der Waals surface area (Å²) in [6, 6.07) is 3.59. The summed E-state index contributed by atoms with van der Waals surface area (Å²) in [4.78, 5) is 21.0. The molecule has 0 bridgehead atoms. The van der Waals surface area contributed by atoms with E-state index in [4.69, 9.17) is 28.9 Å². The molecule has 2 unspecified atom stereocenters. The van der Waals surface area contributed by atoms with Gasteiger partial charge < -0.3 is 16.2 Å². The van der Waals surface area contributed by atoms with Gasteiger partial charge in [-0.2, -0.15) is 0 Å². The summed E-state index contributed by atoms with van der Waals surface area (Å²) in [6.07, 6.45) is 5.96. The number of halogens is 2. The van der Waals surface area contributed by atoms with E-state index in [0.29, 0.717) is 44.3 Å². The Hall–Kier alpha value is -2.41. The van der Waals surface area contributed by atoms with Crippen molar-refractivity contribution >= 4 is 51.4 Å². The maximum absolute atomic E-state index is 12.5. The van der Waals surface area contributed by atoms with Crippen molar-refractivity contribution in [2.24, 2.45) is 11.8 Å². The standard InChI is InChI=1S/C22H22Cl2N4O2/c1-10-3-4-26-8-15(10)18-19(23)14-7-17(27-9-16(14)21(25)20(18)24)28-22(30)13-6-12(13)5-11(2)29/h3-4,7-9,11-13,29H,5-6,25H2,1-2H3,(H,27,28,30)/t11?,12-,13?/m0/s1. The number of nitrogens with two attached hydrogens (primary N) is 1. The molecule has 0 saturated heterocycles. The number of aryl methyl sites for hydroxylation is 1. The summed E-state index contributed by atoms with van der Waals surface area (Å²) < 4.78 is 0. The number of benzene rings is 1. The molecule has 3 aromatic rings. The first-order chi connectivity index (χ1) is 14.3. The van der Waals surface area contributed by atoms with Crippen molar-refractivity contribution in [3.8, 4) is 11.1 Å². The van der Waals surface area contributed by atoms with Crippen LogP contribution in [-0.2, 0) is 4.79 Å². The molecule has 2 heterocycles. The van der Waals surface area contributed by atoms with Crippen LogP contribution < -0.4 is 11.1 Å². The molecule has 1 aliphatic rings. The SMILES string of the molecule is Cc1ccncc1-c1c(Cl)c(N)c2cnc(NC(=O)C3C[C@@H]3CC(C)O)cc2c1Cl. The normalized spacial score (nSPS) is 19.0. The lowest BCUT2D eigenvalue weighted by atomic mass is 9.98. The van der Waals surface area contributed by atoms with Crippen molar-refractivity contribution in [2.75, 3.05) is 11.1 Å². The maximum atomic E-state index is 12.5. The van der Waals surface area contributed by atoms with Crippen LogP contribution in [0.1, 0.15) is 25.3 Å². The van der Waals surface area contributed by atoms with E-state index in [2.05, 4.69) is 15.3 Å². The predicted octanol–water partition coefficient (Wildman–Crippen LogP) is 4.84. The molecule has 4 N–H and O–H groups in total. The number of hydrogen-bond acceptors (Lipinski definition) is 5. The smallest absolute Gasteiger partial charge is 0.228 e. The van der Waals surface area contributed by atoms with Crippen LogP contribution in [0.2, 0.25) is 10.0 Å². The minimum atomic E-state index is -0.410. The highest BCUT2D eigenvalue weighted by Crippen LogP contribution is 2.46. The van der Waals surface area contributed by atoms with E-state index in [9.17, 15) is 9.90 Å². The second kappa shape index (κ2) is 8.02. The van der Waals surface area contributed by atoms with Crippen LogP contribution in [0.4, 0.5) is 11.5 Å². The van der Waals surface area contributed by atoms with Crippen LogP contribution in [0, 0.1) is 18.8 Å². The third kappa shape index (κ3) is 3.83. The number of anilines is 2. The van der Waals surface area contributed by atoms with Crippen LogP contribution in [0.5, 0.6) is 0 Å². The van der Waals surface area contributed by atoms with Crippen LogP contribution in [-0.4, -0.2) is 27.1 Å². The van der Waals surface area contributed by atoms with Gasteiger partial charge in [0.05, 0.1) is 21.8 Å². The number of pyridine rings is 2. The van der Waals surface area contributed by atoms with Crippen LogP contribution in [0.25, 0.3) is 21.9 Å². The highest BCUT2D eigenvalue weighted by Gasteiger charge is 2.43. The fraction of sp³-hybridized carbons (Fsp3) is 0.318. The highest BCUT2D eigenvalue weighted by atomic mass is 35.5. The van der Waals surface area contributed by atoms with E-state index in [0.717, 1.165) is 17.5 Å². The quantitative estimate of drug-likeness (QED) is 0.488. The van der Waals surface area contributed by atoms with E-state index in [-0.39, 0.29) is 17.7 Å². The van der Waals surface area contributed by atoms with E-state index in [1.54, 1.807) is 31.6 Å². The number of nitrogens with zero attached hydrogens (tertiary/aromatic N) is 2. The number of rotatable bonds is 5. The van der Waals surface area contributed by atoms with E-state index in [1.807, 2.05) is 13.0 Å². The average molecular weight is 445 g/mol. The lowest BCUT2D eigenvalue weighted by Gasteiger charge is -2.16. The van der Waals surface area contributed by atoms with Gasteiger partial charge in [0.25, 0.3) is 0 Å². The molecule has 1 saturated carbocycles. The van der Waals surface area contributed by atoms with E-state index >= 15 is 0 Å². The Morgan fingerprint density at radius 2 is 2.10 bits per heavy atom. The van der Waals surface area contributed by atoms with Crippen molar-refractivity contribution in [3.63, 3.8) is 0 Å². The fourth-order valence-electron chi connectivity index (χ4n) is 3.85. The lowest BCUT2D eigenvalue weighted by molar-refractivity contribution is -0.117. The number of carbonyl (C=O) groups is 1. The molecule has 156 valence electrons. The molecule has 6 nitrogen and oxygen atoms in total. The first-order valence-corrected chi connectivity index (χ1v) is 10.5. The molecule has 1 fully saturated rings. The predicted molar refractivity (Wildman–Crippen MR) is 121 cm³/mol. The van der Waals surface area contributed by atoms with Crippen molar-refractivity contribution < 1.29 is 9.90 Å². The Kier molecular flexibility index (Phi) is 5.57. The number of aliphatic hydroxyl groups is 1. The van der Waals surface area contributed by atoms with E-state index in [1.165, 1.54) is 0 Å². The molecule has 0 aliphatic heterocycles. The molecule has 8 heteroatoms. The largest absolute Gasteiger partial charge is 0.397 e. The Bertz CT molecular complexity index is 1150. The molecule has 1 aromatic carbocycles. The number of fused-ring (bicyclic) bond motifs is 1. The Labute approximate surface area is 184 Å². The van der Waals surface area contributed by atoms with Gasteiger partial charge in [-0.25, -0.2) is 4.98 Å². The lowest BCUT2D eigenvalue weighted by Crippen LogP contribution is -2.16. The van der Waals surface area contributed by atoms with Gasteiger partial charge in [-0.15, -0.1) is 0 Å². The molecule has 30 heavy (non-hydrogen) atoms. The number of aliphatic hydroxyl groups excluding tert-OH is 1. The second-order valence-corrected chi connectivity index (χ2v) is 8.65. The molecular weight excluding hydrogens is 423 g/mol. The Morgan fingerprint density at radius 1 is 1.33 bits per heavy atom. The van der Waals surface area contributed by atoms with Gasteiger partial charge in [-0.1, -0.05) is 23.2 Å². The van der Waals surface area contributed by atoms with Gasteiger partial charge in [0.2, 0.25) is 5.91 Å². The average Bonchev–Trinajstić information content (AvgIpc) is 3.46. The first kappa shape index (κ1) is 20.8. The topological polar surface area (TPSA) is 101 Å². The van der Waals surface area contributed by atoms with Gasteiger partial charge in [-0.05, 0) is 50.3 Å². The molecule has 4 rings (SSSR count). The molecule has 3 atom stereocenters. The first-order valence-electron chi connectivity index (χ1n) is 9.74. The number of aromatic nitrogens is 2. The third-order valence-electron chi connectivity index (χ3n) is 5.57. The maximum Gasteiger partial charge on any atom is 0.228 e. The summed E-state index contributed by atoms with van der Waals surface area (Å²) in [6.45, 7) is 3.68. The summed E-state index contributed by atoms with van der Waals surface area (Å²) in [5, 5.41) is 14.4. The summed E-state index contributed by atoms with van der Waals surface area (Å²) in [5.41, 5.74) is 9.03. The summed E-state index contributed by atoms with van der Waals surface area (Å²) >= 11 is 13.3. The minimum absolute atomic E-state index is 0.101. The molecular formula is C22H22Cl2N4O2. The number of nitrogen functional groups attached to an aromatic ring is 1. The van der Waals surface area contributed by atoms with Gasteiger partial charge in [0, 0.05) is 46.4 Å². The van der Waals surface area contributed by atoms with E-state index < -0.39 is 6.10 Å². The van der Waals surface area contributed by atoms with Crippen molar-refractivity contribution in [1.82, 2.24) is 9.97 Å².